The molecule has 0 radical (unpaired) electrons. The van der Waals surface area contributed by atoms with Crippen LogP contribution in [0.15, 0.2) is 34.2 Å². The molecule has 1 aliphatic heterocycles. The van der Waals surface area contributed by atoms with Gasteiger partial charge in [0.15, 0.2) is 0 Å². The third-order valence-electron chi connectivity index (χ3n) is 3.28. The summed E-state index contributed by atoms with van der Waals surface area (Å²) < 4.78 is 6.80. The number of rotatable bonds is 3. The van der Waals surface area contributed by atoms with Crippen molar-refractivity contribution in [1.29, 1.82) is 0 Å². The number of nitrogens with zero attached hydrogens (tertiary/aromatic N) is 1. The van der Waals surface area contributed by atoms with Crippen LogP contribution < -0.4 is 10.1 Å². The summed E-state index contributed by atoms with van der Waals surface area (Å²) in [5.41, 5.74) is 1.23. The highest BCUT2D eigenvalue weighted by Crippen LogP contribution is 2.35. The van der Waals surface area contributed by atoms with Crippen LogP contribution in [0.5, 0.6) is 5.75 Å². The Hall–Kier alpha value is -0.910. The largest absolute Gasteiger partial charge is 0.493 e. The molecule has 1 aliphatic rings. The molecule has 1 aromatic carbocycles. The number of fused-ring (bicyclic) bond motifs is 1. The van der Waals surface area contributed by atoms with Crippen LogP contribution >= 0.6 is 27.3 Å². The van der Waals surface area contributed by atoms with Crippen LogP contribution in [0.25, 0.3) is 0 Å². The van der Waals surface area contributed by atoms with E-state index in [0.29, 0.717) is 6.04 Å². The molecule has 3 rings (SSSR count). The number of halogens is 1. The normalized spacial score (nSPS) is 19.6. The van der Waals surface area contributed by atoms with Crippen molar-refractivity contribution >= 4 is 27.3 Å². The van der Waals surface area contributed by atoms with Gasteiger partial charge in [0.2, 0.25) is 0 Å². The van der Waals surface area contributed by atoms with Crippen molar-refractivity contribution < 1.29 is 4.74 Å². The van der Waals surface area contributed by atoms with Crippen LogP contribution in [0.4, 0.5) is 0 Å². The minimum Gasteiger partial charge on any atom is -0.493 e. The fraction of sp³-hybridized carbons (Fsp3) is 0.357. The molecule has 1 aromatic heterocycles. The molecule has 0 saturated heterocycles. The highest BCUT2D eigenvalue weighted by Gasteiger charge is 2.23. The molecule has 0 bridgehead atoms. The first-order chi connectivity index (χ1) is 9.24. The number of hydrogen-bond acceptors (Lipinski definition) is 4. The van der Waals surface area contributed by atoms with Crippen molar-refractivity contribution in [1.82, 2.24) is 10.3 Å². The third-order valence-corrected chi connectivity index (χ3v) is 4.74. The summed E-state index contributed by atoms with van der Waals surface area (Å²) in [5, 5.41) is 6.80. The van der Waals surface area contributed by atoms with Gasteiger partial charge in [-0.25, -0.2) is 4.98 Å². The van der Waals surface area contributed by atoms with Crippen molar-refractivity contribution in [2.75, 3.05) is 6.61 Å². The third kappa shape index (κ3) is 2.83. The molecule has 0 aliphatic carbocycles. The standard InChI is InChI=1S/C14H15BrN2OS/c1-9(14-16-5-7-19-14)17-12-4-6-18-13-3-2-10(15)8-11(12)13/h2-3,5,7-9,12,17H,4,6H2,1H3. The lowest BCUT2D eigenvalue weighted by molar-refractivity contribution is 0.246. The van der Waals surface area contributed by atoms with Gasteiger partial charge in [0.05, 0.1) is 12.6 Å². The van der Waals surface area contributed by atoms with Crippen LogP contribution in [0.1, 0.15) is 36.0 Å². The predicted octanol–water partition coefficient (Wildman–Crippen LogP) is 4.08. The molecule has 0 spiro atoms. The van der Waals surface area contributed by atoms with Crippen LogP contribution in [-0.4, -0.2) is 11.6 Å². The fourth-order valence-corrected chi connectivity index (χ4v) is 3.39. The summed E-state index contributed by atoms with van der Waals surface area (Å²) in [6, 6.07) is 6.77. The Kier molecular flexibility index (Phi) is 3.86. The smallest absolute Gasteiger partial charge is 0.124 e. The van der Waals surface area contributed by atoms with Gasteiger partial charge in [0.25, 0.3) is 0 Å². The highest BCUT2D eigenvalue weighted by atomic mass is 79.9. The maximum Gasteiger partial charge on any atom is 0.124 e. The number of thiazole rings is 1. The van der Waals surface area contributed by atoms with Gasteiger partial charge in [0.1, 0.15) is 10.8 Å². The van der Waals surface area contributed by atoms with Crippen LogP contribution in [0, 0.1) is 0 Å². The second kappa shape index (κ2) is 5.61. The van der Waals surface area contributed by atoms with Gasteiger partial charge in [-0.3, -0.25) is 0 Å². The van der Waals surface area contributed by atoms with Gasteiger partial charge in [-0.05, 0) is 25.1 Å². The van der Waals surface area contributed by atoms with Crippen molar-refractivity contribution in [3.63, 3.8) is 0 Å². The second-order valence-electron chi connectivity index (χ2n) is 4.63. The topological polar surface area (TPSA) is 34.1 Å². The minimum atomic E-state index is 0.259. The SMILES string of the molecule is CC(NC1CCOc2ccc(Br)cc21)c1nccs1. The van der Waals surface area contributed by atoms with Gasteiger partial charge in [-0.15, -0.1) is 11.3 Å². The molecule has 5 heteroatoms. The summed E-state index contributed by atoms with van der Waals surface area (Å²) in [5.74, 6) is 0.985. The van der Waals surface area contributed by atoms with E-state index in [-0.39, 0.29) is 6.04 Å². The lowest BCUT2D eigenvalue weighted by Gasteiger charge is -2.29. The van der Waals surface area contributed by atoms with E-state index in [0.717, 1.165) is 28.3 Å². The lowest BCUT2D eigenvalue weighted by Crippen LogP contribution is -2.29. The predicted molar refractivity (Wildman–Crippen MR) is 80.7 cm³/mol. The zero-order valence-corrected chi connectivity index (χ0v) is 13.0. The zero-order valence-electron chi connectivity index (χ0n) is 10.6. The fourth-order valence-electron chi connectivity index (χ4n) is 2.36. The van der Waals surface area contributed by atoms with Crippen molar-refractivity contribution in [3.05, 3.63) is 44.8 Å². The summed E-state index contributed by atoms with van der Waals surface area (Å²) in [7, 11) is 0. The van der Waals surface area contributed by atoms with E-state index in [1.54, 1.807) is 11.3 Å². The quantitative estimate of drug-likeness (QED) is 0.915. The molecular formula is C14H15BrN2OS. The average Bonchev–Trinajstić information content (AvgIpc) is 2.93. The summed E-state index contributed by atoms with van der Waals surface area (Å²) in [6.45, 7) is 2.92. The monoisotopic (exact) mass is 338 g/mol. The first-order valence-electron chi connectivity index (χ1n) is 6.32. The molecule has 0 saturated carbocycles. The Labute approximate surface area is 125 Å². The molecular weight excluding hydrogens is 324 g/mol. The maximum atomic E-state index is 5.71. The molecule has 0 amide bonds. The molecule has 2 aromatic rings. The van der Waals surface area contributed by atoms with Crippen molar-refractivity contribution in [2.24, 2.45) is 0 Å². The Morgan fingerprint density at radius 1 is 1.53 bits per heavy atom. The number of benzene rings is 1. The number of ether oxygens (including phenoxy) is 1. The Balaban J connectivity index is 1.81. The van der Waals surface area contributed by atoms with Crippen molar-refractivity contribution in [2.45, 2.75) is 25.4 Å². The lowest BCUT2D eigenvalue weighted by atomic mass is 10.00. The van der Waals surface area contributed by atoms with Gasteiger partial charge in [-0.2, -0.15) is 0 Å². The maximum absolute atomic E-state index is 5.71. The molecule has 1 N–H and O–H groups in total. The Morgan fingerprint density at radius 2 is 2.42 bits per heavy atom. The average molecular weight is 339 g/mol. The number of nitrogens with one attached hydrogen (secondary N) is 1. The molecule has 3 nitrogen and oxygen atoms in total. The van der Waals surface area contributed by atoms with E-state index in [9.17, 15) is 0 Å². The number of hydrogen-bond donors (Lipinski definition) is 1. The highest BCUT2D eigenvalue weighted by molar-refractivity contribution is 9.10. The van der Waals surface area contributed by atoms with Gasteiger partial charge < -0.3 is 10.1 Å². The molecule has 2 unspecified atom stereocenters. The molecule has 100 valence electrons. The minimum absolute atomic E-state index is 0.259. The molecule has 19 heavy (non-hydrogen) atoms. The summed E-state index contributed by atoms with van der Waals surface area (Å²) >= 11 is 5.22. The van der Waals surface area contributed by atoms with E-state index in [2.05, 4.69) is 39.2 Å². The van der Waals surface area contributed by atoms with Gasteiger partial charge in [0, 0.05) is 34.1 Å². The first-order valence-corrected chi connectivity index (χ1v) is 7.99. The van der Waals surface area contributed by atoms with Crippen LogP contribution in [0.2, 0.25) is 0 Å². The zero-order chi connectivity index (χ0) is 13.2. The molecule has 0 fully saturated rings. The van der Waals surface area contributed by atoms with E-state index in [1.165, 1.54) is 5.56 Å². The molecule has 2 heterocycles. The van der Waals surface area contributed by atoms with Gasteiger partial charge >= 0.3 is 0 Å². The van der Waals surface area contributed by atoms with E-state index in [4.69, 9.17) is 4.74 Å². The van der Waals surface area contributed by atoms with Crippen LogP contribution in [-0.2, 0) is 0 Å². The van der Waals surface area contributed by atoms with E-state index < -0.39 is 0 Å². The number of aromatic nitrogens is 1. The van der Waals surface area contributed by atoms with Gasteiger partial charge in [-0.1, -0.05) is 15.9 Å². The molecule has 2 atom stereocenters. The first kappa shape index (κ1) is 13.1. The summed E-state index contributed by atoms with van der Waals surface area (Å²) in [4.78, 5) is 4.37. The van der Waals surface area contributed by atoms with E-state index in [1.807, 2.05) is 23.7 Å². The van der Waals surface area contributed by atoms with Crippen LogP contribution in [0.3, 0.4) is 0 Å². The summed E-state index contributed by atoms with van der Waals surface area (Å²) in [6.07, 6.45) is 2.84. The van der Waals surface area contributed by atoms with Crippen molar-refractivity contribution in [3.8, 4) is 5.75 Å². The van der Waals surface area contributed by atoms with E-state index >= 15 is 0 Å². The Bertz CT molecular complexity index is 559. The Morgan fingerprint density at radius 3 is 3.21 bits per heavy atom. The second-order valence-corrected chi connectivity index (χ2v) is 6.47.